The van der Waals surface area contributed by atoms with Crippen molar-refractivity contribution in [3.05, 3.63) is 69.3 Å². The molecule has 0 aromatic heterocycles. The lowest BCUT2D eigenvalue weighted by atomic mass is 10.1. The number of rotatable bonds is 5. The standard InChI is InChI=1S/C19H23N3O4S/c1-15-11-16(2)13-17(12-15)14-20-7-9-21(10-8-20)27(25,26)19-6-4-3-5-18(19)22(23)24/h3-6,11-13H,7-10,14H2,1-2H3/p+1. The maximum absolute atomic E-state index is 12.9. The number of para-hydroxylation sites is 1. The van der Waals surface area contributed by atoms with Gasteiger partial charge in [-0.2, -0.15) is 4.31 Å². The van der Waals surface area contributed by atoms with Crippen molar-refractivity contribution in [1.29, 1.82) is 0 Å². The fourth-order valence-corrected chi connectivity index (χ4v) is 5.24. The predicted molar refractivity (Wildman–Crippen MR) is 102 cm³/mol. The molecule has 0 aliphatic carbocycles. The second kappa shape index (κ2) is 7.75. The Morgan fingerprint density at radius 1 is 1.07 bits per heavy atom. The number of nitrogens with one attached hydrogen (secondary N) is 1. The number of aryl methyl sites for hydroxylation is 2. The maximum atomic E-state index is 12.9. The lowest BCUT2D eigenvalue weighted by Gasteiger charge is -2.31. The third-order valence-electron chi connectivity index (χ3n) is 4.84. The maximum Gasteiger partial charge on any atom is 0.289 e. The van der Waals surface area contributed by atoms with Crippen LogP contribution >= 0.6 is 0 Å². The van der Waals surface area contributed by atoms with Gasteiger partial charge in [-0.1, -0.05) is 41.5 Å². The van der Waals surface area contributed by atoms with Gasteiger partial charge in [-0.3, -0.25) is 10.1 Å². The molecule has 2 aromatic carbocycles. The van der Waals surface area contributed by atoms with Gasteiger partial charge in [-0.25, -0.2) is 8.42 Å². The molecular weight excluding hydrogens is 366 g/mol. The fourth-order valence-electron chi connectivity index (χ4n) is 3.64. The summed E-state index contributed by atoms with van der Waals surface area (Å²) in [7, 11) is -3.87. The molecule has 0 amide bonds. The average molecular weight is 390 g/mol. The van der Waals surface area contributed by atoms with Crippen molar-refractivity contribution in [1.82, 2.24) is 4.31 Å². The van der Waals surface area contributed by atoms with E-state index in [2.05, 4.69) is 32.0 Å². The number of nitro groups is 1. The summed E-state index contributed by atoms with van der Waals surface area (Å²) in [5, 5.41) is 11.2. The van der Waals surface area contributed by atoms with Crippen molar-refractivity contribution < 1.29 is 18.2 Å². The lowest BCUT2D eigenvalue weighted by molar-refractivity contribution is -0.917. The summed E-state index contributed by atoms with van der Waals surface area (Å²) in [4.78, 5) is 11.6. The van der Waals surface area contributed by atoms with E-state index in [0.717, 1.165) is 6.54 Å². The Morgan fingerprint density at radius 2 is 1.67 bits per heavy atom. The monoisotopic (exact) mass is 390 g/mol. The number of nitro benzene ring substituents is 1. The first-order valence-electron chi connectivity index (χ1n) is 8.91. The van der Waals surface area contributed by atoms with Gasteiger partial charge in [-0.15, -0.1) is 0 Å². The molecule has 8 heteroatoms. The van der Waals surface area contributed by atoms with E-state index in [1.54, 1.807) is 0 Å². The van der Waals surface area contributed by atoms with Crippen LogP contribution in [0.5, 0.6) is 0 Å². The Hall–Kier alpha value is -2.29. The topological polar surface area (TPSA) is 85.0 Å². The summed E-state index contributed by atoms with van der Waals surface area (Å²) in [6.45, 7) is 7.05. The van der Waals surface area contributed by atoms with Gasteiger partial charge in [0.1, 0.15) is 6.54 Å². The molecule has 1 aliphatic heterocycles. The van der Waals surface area contributed by atoms with Crippen LogP contribution < -0.4 is 4.90 Å². The van der Waals surface area contributed by atoms with Crippen LogP contribution in [-0.2, 0) is 16.6 Å². The molecule has 0 saturated carbocycles. The largest absolute Gasteiger partial charge is 0.329 e. The zero-order chi connectivity index (χ0) is 19.6. The molecule has 0 spiro atoms. The third kappa shape index (κ3) is 4.35. The zero-order valence-corrected chi connectivity index (χ0v) is 16.3. The van der Waals surface area contributed by atoms with E-state index in [0.29, 0.717) is 26.2 Å². The highest BCUT2D eigenvalue weighted by atomic mass is 32.2. The van der Waals surface area contributed by atoms with Crippen LogP contribution in [0.15, 0.2) is 47.4 Å². The van der Waals surface area contributed by atoms with Gasteiger partial charge in [-0.05, 0) is 19.9 Å². The van der Waals surface area contributed by atoms with Crippen molar-refractivity contribution in [2.45, 2.75) is 25.3 Å². The Kier molecular flexibility index (Phi) is 5.59. The molecule has 1 N–H and O–H groups in total. The Morgan fingerprint density at radius 3 is 2.26 bits per heavy atom. The van der Waals surface area contributed by atoms with Gasteiger partial charge in [0.2, 0.25) is 10.0 Å². The smallest absolute Gasteiger partial charge is 0.289 e. The highest BCUT2D eigenvalue weighted by Gasteiger charge is 2.34. The first-order chi connectivity index (χ1) is 12.8. The van der Waals surface area contributed by atoms with E-state index < -0.39 is 14.9 Å². The van der Waals surface area contributed by atoms with Crippen LogP contribution in [0.3, 0.4) is 0 Å². The van der Waals surface area contributed by atoms with E-state index in [4.69, 9.17) is 0 Å². The summed E-state index contributed by atoms with van der Waals surface area (Å²) in [5.41, 5.74) is 3.32. The van der Waals surface area contributed by atoms with E-state index in [-0.39, 0.29) is 10.6 Å². The molecule has 2 aromatic rings. The minimum Gasteiger partial charge on any atom is -0.329 e. The normalized spacial score (nSPS) is 16.4. The highest BCUT2D eigenvalue weighted by Crippen LogP contribution is 2.26. The Labute approximate surface area is 159 Å². The molecule has 1 fully saturated rings. The summed E-state index contributed by atoms with van der Waals surface area (Å²) in [6.07, 6.45) is 0. The molecule has 27 heavy (non-hydrogen) atoms. The molecule has 1 saturated heterocycles. The zero-order valence-electron chi connectivity index (χ0n) is 15.5. The summed E-state index contributed by atoms with van der Waals surface area (Å²) in [5.74, 6) is 0. The number of hydrogen-bond acceptors (Lipinski definition) is 4. The van der Waals surface area contributed by atoms with Gasteiger partial charge >= 0.3 is 0 Å². The number of quaternary nitrogens is 1. The number of piperazine rings is 1. The van der Waals surface area contributed by atoms with E-state index in [1.807, 2.05) is 0 Å². The number of sulfonamides is 1. The van der Waals surface area contributed by atoms with Crippen LogP contribution in [0.2, 0.25) is 0 Å². The van der Waals surface area contributed by atoms with Gasteiger partial charge in [0, 0.05) is 11.6 Å². The number of nitrogens with zero attached hydrogens (tertiary/aromatic N) is 2. The Bertz CT molecular complexity index is 931. The van der Waals surface area contributed by atoms with Gasteiger partial charge in [0.05, 0.1) is 31.1 Å². The first kappa shape index (κ1) is 19.5. The quantitative estimate of drug-likeness (QED) is 0.616. The Balaban J connectivity index is 1.71. The fraction of sp³-hybridized carbons (Fsp3) is 0.368. The summed E-state index contributed by atoms with van der Waals surface area (Å²) >= 11 is 0. The summed E-state index contributed by atoms with van der Waals surface area (Å²) in [6, 6.07) is 12.0. The SMILES string of the molecule is Cc1cc(C)cc(C[NH+]2CCN(S(=O)(=O)c3ccccc3[N+](=O)[O-])CC2)c1. The minimum atomic E-state index is -3.87. The number of hydrogen-bond donors (Lipinski definition) is 1. The van der Waals surface area contributed by atoms with E-state index in [9.17, 15) is 18.5 Å². The molecular formula is C19H24N3O4S+. The molecule has 7 nitrogen and oxygen atoms in total. The first-order valence-corrected chi connectivity index (χ1v) is 10.4. The second-order valence-electron chi connectivity index (χ2n) is 7.05. The molecule has 0 bridgehead atoms. The van der Waals surface area contributed by atoms with Crippen molar-refractivity contribution in [3.63, 3.8) is 0 Å². The van der Waals surface area contributed by atoms with Gasteiger partial charge in [0.25, 0.3) is 5.69 Å². The van der Waals surface area contributed by atoms with Crippen molar-refractivity contribution in [2.75, 3.05) is 26.2 Å². The van der Waals surface area contributed by atoms with Crippen LogP contribution in [0.1, 0.15) is 16.7 Å². The second-order valence-corrected chi connectivity index (χ2v) is 8.96. The molecule has 0 atom stereocenters. The van der Waals surface area contributed by atoms with Gasteiger partial charge < -0.3 is 4.90 Å². The number of benzene rings is 2. The summed E-state index contributed by atoms with van der Waals surface area (Å²) < 4.78 is 27.1. The molecule has 0 unspecified atom stereocenters. The van der Waals surface area contributed by atoms with Crippen LogP contribution in [0, 0.1) is 24.0 Å². The van der Waals surface area contributed by atoms with Gasteiger partial charge in [0.15, 0.2) is 4.90 Å². The van der Waals surface area contributed by atoms with Crippen molar-refractivity contribution >= 4 is 15.7 Å². The van der Waals surface area contributed by atoms with Crippen LogP contribution in [0.4, 0.5) is 5.69 Å². The highest BCUT2D eigenvalue weighted by molar-refractivity contribution is 7.89. The minimum absolute atomic E-state index is 0.229. The predicted octanol–water partition coefficient (Wildman–Crippen LogP) is 1.30. The van der Waals surface area contributed by atoms with Crippen molar-refractivity contribution in [2.24, 2.45) is 0 Å². The van der Waals surface area contributed by atoms with Crippen molar-refractivity contribution in [3.8, 4) is 0 Å². The lowest BCUT2D eigenvalue weighted by Crippen LogP contribution is -3.13. The van der Waals surface area contributed by atoms with E-state index >= 15 is 0 Å². The molecule has 3 rings (SSSR count). The molecule has 1 heterocycles. The molecule has 0 radical (unpaired) electrons. The molecule has 1 aliphatic rings. The van der Waals surface area contributed by atoms with Crippen LogP contribution in [-0.4, -0.2) is 43.8 Å². The van der Waals surface area contributed by atoms with E-state index in [1.165, 1.54) is 50.2 Å². The van der Waals surface area contributed by atoms with Crippen LogP contribution in [0.25, 0.3) is 0 Å². The average Bonchev–Trinajstić information content (AvgIpc) is 2.61. The molecule has 144 valence electrons. The third-order valence-corrected chi connectivity index (χ3v) is 6.79.